The molecule has 0 amide bonds. The molecule has 0 saturated carbocycles. The molecule has 3 aromatic rings. The highest BCUT2D eigenvalue weighted by Gasteiger charge is 2.09. The third-order valence-electron chi connectivity index (χ3n) is 2.68. The molecule has 0 atom stereocenters. The largest absolute Gasteiger partial charge is 0.256 e. The number of fused-ring (bicyclic) bond motifs is 1. The molecule has 0 radical (unpaired) electrons. The Morgan fingerprint density at radius 3 is 2.82 bits per heavy atom. The summed E-state index contributed by atoms with van der Waals surface area (Å²) in [6.45, 7) is 0. The second-order valence-corrected chi connectivity index (χ2v) is 4.60. The number of rotatable bonds is 1. The van der Waals surface area contributed by atoms with E-state index in [9.17, 15) is 5.26 Å². The number of thiophene rings is 1. The van der Waals surface area contributed by atoms with Crippen LogP contribution in [-0.4, -0.2) is 4.98 Å². The van der Waals surface area contributed by atoms with Gasteiger partial charge in [0.15, 0.2) is 0 Å². The first-order valence-electron chi connectivity index (χ1n) is 5.22. The minimum absolute atomic E-state index is 0.707. The first-order valence-corrected chi connectivity index (χ1v) is 6.10. The highest BCUT2D eigenvalue weighted by atomic mass is 32.1. The third kappa shape index (κ3) is 1.59. The maximum atomic E-state index is 9.34. The van der Waals surface area contributed by atoms with Crippen molar-refractivity contribution in [1.29, 1.82) is 5.26 Å². The van der Waals surface area contributed by atoms with Crippen LogP contribution in [0, 0.1) is 11.3 Å². The van der Waals surface area contributed by atoms with Gasteiger partial charge in [-0.05, 0) is 29.6 Å². The minimum atomic E-state index is 0.707. The molecular formula is C14H8N2S. The van der Waals surface area contributed by atoms with Crippen molar-refractivity contribution in [3.63, 3.8) is 0 Å². The second kappa shape index (κ2) is 4.00. The van der Waals surface area contributed by atoms with Crippen LogP contribution >= 0.6 is 11.3 Å². The Morgan fingerprint density at radius 1 is 1.12 bits per heavy atom. The summed E-state index contributed by atoms with van der Waals surface area (Å²) in [7, 11) is 0. The van der Waals surface area contributed by atoms with E-state index in [1.54, 1.807) is 17.5 Å². The first kappa shape index (κ1) is 10.0. The normalized spacial score (nSPS) is 10.3. The molecule has 0 N–H and O–H groups in total. The molecule has 1 aromatic carbocycles. The van der Waals surface area contributed by atoms with E-state index < -0.39 is 0 Å². The summed E-state index contributed by atoms with van der Waals surface area (Å²) in [5.74, 6) is 0. The molecule has 2 aromatic heterocycles. The maximum absolute atomic E-state index is 9.34. The molecular weight excluding hydrogens is 228 g/mol. The molecule has 0 bridgehead atoms. The zero-order valence-corrected chi connectivity index (χ0v) is 9.74. The SMILES string of the molecule is N#Cc1c(-c2cccs2)ccc2ncccc12. The van der Waals surface area contributed by atoms with Crippen molar-refractivity contribution in [3.8, 4) is 16.5 Å². The fraction of sp³-hybridized carbons (Fsp3) is 0. The molecule has 0 spiro atoms. The van der Waals surface area contributed by atoms with E-state index in [1.165, 1.54) is 0 Å². The summed E-state index contributed by atoms with van der Waals surface area (Å²) >= 11 is 1.64. The van der Waals surface area contributed by atoms with E-state index >= 15 is 0 Å². The van der Waals surface area contributed by atoms with E-state index in [2.05, 4.69) is 11.1 Å². The lowest BCUT2D eigenvalue weighted by Crippen LogP contribution is -1.86. The Labute approximate surface area is 103 Å². The van der Waals surface area contributed by atoms with E-state index in [-0.39, 0.29) is 0 Å². The van der Waals surface area contributed by atoms with Crippen LogP contribution in [0.25, 0.3) is 21.3 Å². The van der Waals surface area contributed by atoms with Crippen molar-refractivity contribution in [3.05, 3.63) is 53.5 Å². The molecule has 0 saturated heterocycles. The summed E-state index contributed by atoms with van der Waals surface area (Å²) in [6, 6.07) is 14.1. The average molecular weight is 236 g/mol. The summed E-state index contributed by atoms with van der Waals surface area (Å²) in [6.07, 6.45) is 1.74. The van der Waals surface area contributed by atoms with Crippen molar-refractivity contribution >= 4 is 22.2 Å². The predicted octanol–water partition coefficient (Wildman–Crippen LogP) is 3.83. The zero-order chi connectivity index (χ0) is 11.7. The quantitative estimate of drug-likeness (QED) is 0.643. The molecule has 80 valence electrons. The summed E-state index contributed by atoms with van der Waals surface area (Å²) in [4.78, 5) is 5.38. The second-order valence-electron chi connectivity index (χ2n) is 3.65. The van der Waals surface area contributed by atoms with Crippen LogP contribution in [-0.2, 0) is 0 Å². The molecule has 0 aliphatic carbocycles. The van der Waals surface area contributed by atoms with Gasteiger partial charge in [-0.15, -0.1) is 11.3 Å². The number of benzene rings is 1. The van der Waals surface area contributed by atoms with Crippen LogP contribution in [0.3, 0.4) is 0 Å². The number of hydrogen-bond acceptors (Lipinski definition) is 3. The molecule has 3 rings (SSSR count). The maximum Gasteiger partial charge on any atom is 0.101 e. The lowest BCUT2D eigenvalue weighted by atomic mass is 10.0. The Kier molecular flexibility index (Phi) is 2.36. The highest BCUT2D eigenvalue weighted by molar-refractivity contribution is 7.13. The fourth-order valence-electron chi connectivity index (χ4n) is 1.91. The van der Waals surface area contributed by atoms with E-state index in [0.29, 0.717) is 5.56 Å². The number of nitriles is 1. The van der Waals surface area contributed by atoms with Crippen LogP contribution in [0.4, 0.5) is 0 Å². The Balaban J connectivity index is 2.38. The number of hydrogen-bond donors (Lipinski definition) is 0. The van der Waals surface area contributed by atoms with Gasteiger partial charge >= 0.3 is 0 Å². The van der Waals surface area contributed by atoms with Gasteiger partial charge < -0.3 is 0 Å². The van der Waals surface area contributed by atoms with Crippen LogP contribution in [0.2, 0.25) is 0 Å². The highest BCUT2D eigenvalue weighted by Crippen LogP contribution is 2.31. The molecule has 3 heteroatoms. The van der Waals surface area contributed by atoms with Crippen LogP contribution < -0.4 is 0 Å². The molecule has 2 heterocycles. The number of pyridine rings is 1. The monoisotopic (exact) mass is 236 g/mol. The van der Waals surface area contributed by atoms with Crippen molar-refractivity contribution in [2.75, 3.05) is 0 Å². The summed E-state index contributed by atoms with van der Waals surface area (Å²) in [5, 5.41) is 12.3. The Bertz CT molecular complexity index is 709. The van der Waals surface area contributed by atoms with Gasteiger partial charge in [-0.1, -0.05) is 12.1 Å². The van der Waals surface area contributed by atoms with Gasteiger partial charge in [0.2, 0.25) is 0 Å². The Hall–Kier alpha value is -2.18. The van der Waals surface area contributed by atoms with Gasteiger partial charge in [-0.2, -0.15) is 5.26 Å². The molecule has 17 heavy (non-hydrogen) atoms. The predicted molar refractivity (Wildman–Crippen MR) is 69.8 cm³/mol. The number of nitrogens with zero attached hydrogens (tertiary/aromatic N) is 2. The van der Waals surface area contributed by atoms with Gasteiger partial charge in [0.25, 0.3) is 0 Å². The topological polar surface area (TPSA) is 36.7 Å². The van der Waals surface area contributed by atoms with Gasteiger partial charge in [-0.25, -0.2) is 0 Å². The van der Waals surface area contributed by atoms with E-state index in [4.69, 9.17) is 0 Å². The molecule has 0 aliphatic heterocycles. The number of aromatic nitrogens is 1. The van der Waals surface area contributed by atoms with Crippen LogP contribution in [0.1, 0.15) is 5.56 Å². The van der Waals surface area contributed by atoms with Crippen LogP contribution in [0.5, 0.6) is 0 Å². The van der Waals surface area contributed by atoms with Crippen molar-refractivity contribution in [2.24, 2.45) is 0 Å². The van der Waals surface area contributed by atoms with Gasteiger partial charge in [0, 0.05) is 22.0 Å². The van der Waals surface area contributed by atoms with Crippen LogP contribution in [0.15, 0.2) is 48.0 Å². The third-order valence-corrected chi connectivity index (χ3v) is 3.59. The van der Waals surface area contributed by atoms with Gasteiger partial charge in [0.05, 0.1) is 11.1 Å². The standard InChI is InChI=1S/C14H8N2S/c15-9-12-10-3-1-7-16-13(10)6-5-11(12)14-4-2-8-17-14/h1-8H. The molecule has 0 unspecified atom stereocenters. The average Bonchev–Trinajstić information content (AvgIpc) is 2.91. The van der Waals surface area contributed by atoms with Gasteiger partial charge in [-0.3, -0.25) is 4.98 Å². The first-order chi connectivity index (χ1) is 8.40. The van der Waals surface area contributed by atoms with Gasteiger partial charge in [0.1, 0.15) is 6.07 Å². The molecule has 0 aliphatic rings. The van der Waals surface area contributed by atoms with Crippen molar-refractivity contribution in [1.82, 2.24) is 4.98 Å². The molecule has 0 fully saturated rings. The smallest absolute Gasteiger partial charge is 0.101 e. The van der Waals surface area contributed by atoms with E-state index in [1.807, 2.05) is 41.8 Å². The fourth-order valence-corrected chi connectivity index (χ4v) is 2.67. The van der Waals surface area contributed by atoms with Crippen molar-refractivity contribution in [2.45, 2.75) is 0 Å². The summed E-state index contributed by atoms with van der Waals surface area (Å²) < 4.78 is 0. The Morgan fingerprint density at radius 2 is 2.06 bits per heavy atom. The lowest BCUT2D eigenvalue weighted by Gasteiger charge is -2.04. The van der Waals surface area contributed by atoms with E-state index in [0.717, 1.165) is 21.3 Å². The zero-order valence-electron chi connectivity index (χ0n) is 8.92. The lowest BCUT2D eigenvalue weighted by molar-refractivity contribution is 1.40. The molecule has 2 nitrogen and oxygen atoms in total. The summed E-state index contributed by atoms with van der Waals surface area (Å²) in [5.41, 5.74) is 2.56. The van der Waals surface area contributed by atoms with Crippen molar-refractivity contribution < 1.29 is 0 Å². The minimum Gasteiger partial charge on any atom is -0.256 e.